The van der Waals surface area contributed by atoms with Gasteiger partial charge in [-0.1, -0.05) is 30.8 Å². The molecule has 2 atom stereocenters. The van der Waals surface area contributed by atoms with E-state index in [2.05, 4.69) is 58.0 Å². The van der Waals surface area contributed by atoms with Crippen molar-refractivity contribution < 1.29 is 14.3 Å². The lowest BCUT2D eigenvalue weighted by Crippen LogP contribution is -2.55. The second-order valence-corrected chi connectivity index (χ2v) is 11.6. The molecule has 9 nitrogen and oxygen atoms in total. The van der Waals surface area contributed by atoms with E-state index in [9.17, 15) is 9.59 Å². The Morgan fingerprint density at radius 3 is 2.49 bits per heavy atom. The molecule has 39 heavy (non-hydrogen) atoms. The Bertz CT molecular complexity index is 1240. The van der Waals surface area contributed by atoms with Gasteiger partial charge in [-0.3, -0.25) is 14.6 Å². The zero-order valence-electron chi connectivity index (χ0n) is 22.9. The Balaban J connectivity index is 1.15. The molecule has 3 aliphatic carbocycles. The van der Waals surface area contributed by atoms with Gasteiger partial charge in [0.15, 0.2) is 0 Å². The molecule has 2 aromatic rings. The zero-order chi connectivity index (χ0) is 27.1. The number of nitrogens with zero attached hydrogens (tertiary/aromatic N) is 5. The number of carbonyl (C=O) groups is 2. The molecule has 1 N–H and O–H groups in total. The summed E-state index contributed by atoms with van der Waals surface area (Å²) in [5.41, 5.74) is 3.83. The number of nitrogens with one attached hydrogen (secondary N) is 1. The molecule has 3 heterocycles. The van der Waals surface area contributed by atoms with E-state index in [-0.39, 0.29) is 24.6 Å². The topological polar surface area (TPSA) is 90.9 Å². The molecule has 0 unspecified atom stereocenters. The van der Waals surface area contributed by atoms with Crippen molar-refractivity contribution in [3.8, 4) is 0 Å². The van der Waals surface area contributed by atoms with Gasteiger partial charge in [0.1, 0.15) is 12.4 Å². The summed E-state index contributed by atoms with van der Waals surface area (Å²) in [7, 11) is 0. The van der Waals surface area contributed by atoms with Gasteiger partial charge in [0.2, 0.25) is 11.9 Å². The van der Waals surface area contributed by atoms with E-state index in [0.717, 1.165) is 43.2 Å². The third-order valence-electron chi connectivity index (χ3n) is 9.18. The van der Waals surface area contributed by atoms with Gasteiger partial charge < -0.3 is 15.0 Å². The first-order valence-corrected chi connectivity index (χ1v) is 14.2. The summed E-state index contributed by atoms with van der Waals surface area (Å²) in [6.07, 6.45) is 8.12. The minimum Gasteiger partial charge on any atom is -0.444 e. The Kier molecular flexibility index (Phi) is 6.79. The molecule has 1 aromatic heterocycles. The normalized spacial score (nSPS) is 25.5. The average molecular weight is 531 g/mol. The van der Waals surface area contributed by atoms with Crippen LogP contribution in [0.25, 0.3) is 0 Å². The van der Waals surface area contributed by atoms with Crippen LogP contribution in [0.15, 0.2) is 43.1 Å². The molecular formula is C30H38N6O3. The minimum absolute atomic E-state index is 0.00718. The number of amides is 2. The minimum atomic E-state index is -0.375. The number of fused-ring (bicyclic) bond motifs is 1. The number of anilines is 2. The van der Waals surface area contributed by atoms with Crippen LogP contribution in [0.3, 0.4) is 0 Å². The van der Waals surface area contributed by atoms with Crippen LogP contribution < -0.4 is 10.2 Å². The fourth-order valence-electron chi connectivity index (χ4n) is 6.83. The zero-order valence-corrected chi connectivity index (χ0v) is 22.9. The Morgan fingerprint density at radius 2 is 1.87 bits per heavy atom. The number of ether oxygens (including phenoxy) is 1. The highest BCUT2D eigenvalue weighted by Gasteiger charge is 2.57. The van der Waals surface area contributed by atoms with Gasteiger partial charge in [-0.25, -0.2) is 9.78 Å². The molecule has 0 spiro atoms. The predicted molar refractivity (Wildman–Crippen MR) is 149 cm³/mol. The predicted octanol–water partition coefficient (Wildman–Crippen LogP) is 4.69. The number of piperazine rings is 1. The van der Waals surface area contributed by atoms with Crippen molar-refractivity contribution in [2.75, 3.05) is 42.9 Å². The van der Waals surface area contributed by atoms with Crippen LogP contribution in [0.4, 0.5) is 16.6 Å². The van der Waals surface area contributed by atoms with Gasteiger partial charge in [-0.2, -0.15) is 4.98 Å². The largest absolute Gasteiger partial charge is 0.444 e. The number of carbonyl (C=O) groups excluding carboxylic acids is 2. The van der Waals surface area contributed by atoms with Gasteiger partial charge in [0.25, 0.3) is 0 Å². The van der Waals surface area contributed by atoms with Crippen LogP contribution >= 0.6 is 0 Å². The third kappa shape index (κ3) is 4.88. The van der Waals surface area contributed by atoms with Gasteiger partial charge in [0.05, 0.1) is 11.6 Å². The van der Waals surface area contributed by atoms with E-state index < -0.39 is 0 Å². The van der Waals surface area contributed by atoms with Gasteiger partial charge >= 0.3 is 6.09 Å². The molecule has 7 rings (SSSR count). The summed E-state index contributed by atoms with van der Waals surface area (Å²) in [5.74, 6) is 2.09. The summed E-state index contributed by atoms with van der Waals surface area (Å²) >= 11 is 0. The van der Waals surface area contributed by atoms with E-state index in [1.54, 1.807) is 6.20 Å². The van der Waals surface area contributed by atoms with E-state index in [1.165, 1.54) is 42.2 Å². The number of cyclic esters (lactones) is 1. The molecule has 2 amide bonds. The highest BCUT2D eigenvalue weighted by atomic mass is 16.6. The van der Waals surface area contributed by atoms with Crippen molar-refractivity contribution in [3.63, 3.8) is 0 Å². The summed E-state index contributed by atoms with van der Waals surface area (Å²) in [6.45, 7) is 11.6. The second kappa shape index (κ2) is 10.3. The van der Waals surface area contributed by atoms with E-state index in [4.69, 9.17) is 4.74 Å². The molecule has 2 aliphatic heterocycles. The van der Waals surface area contributed by atoms with Crippen LogP contribution in [0.1, 0.15) is 68.3 Å². The molecule has 1 aromatic carbocycles. The SMILES string of the molecule is C=CC(=O)N1CCN([C@@H](CC23CC(C2)C3)c2ccc([C@H](C)Nc3ncc4c(n3)N(CC)C(=O)OC4)cc2)CC1. The van der Waals surface area contributed by atoms with Crippen molar-refractivity contribution in [3.05, 3.63) is 59.8 Å². The standard InChI is InChI=1S/C30H38N6O3/c1-4-26(37)35-12-10-34(11-13-35)25(17-30-14-21(15-30)16-30)23-8-6-22(7-9-23)20(3)32-28-31-18-24-19-39-29(38)36(5-2)27(24)33-28/h4,6-9,18,20-21,25H,1,5,10-17,19H2,2-3H3,(H,31,32,33)/t20-,21?,25-,30?/m0/s1. The number of rotatable bonds is 9. The number of benzene rings is 1. The van der Waals surface area contributed by atoms with Crippen molar-refractivity contribution in [2.45, 2.75) is 58.2 Å². The van der Waals surface area contributed by atoms with Crippen molar-refractivity contribution in [1.82, 2.24) is 19.8 Å². The molecule has 3 saturated carbocycles. The van der Waals surface area contributed by atoms with Crippen LogP contribution in [0.2, 0.25) is 0 Å². The summed E-state index contributed by atoms with van der Waals surface area (Å²) in [6, 6.07) is 9.31. The van der Waals surface area contributed by atoms with Crippen molar-refractivity contribution in [1.29, 1.82) is 0 Å². The van der Waals surface area contributed by atoms with Gasteiger partial charge in [-0.05, 0) is 68.1 Å². The molecule has 9 heteroatoms. The van der Waals surface area contributed by atoms with E-state index in [1.807, 2.05) is 11.8 Å². The van der Waals surface area contributed by atoms with Gasteiger partial charge in [0, 0.05) is 45.0 Å². The first kappa shape index (κ1) is 25.8. The fraction of sp³-hybridized carbons (Fsp3) is 0.533. The van der Waals surface area contributed by atoms with Crippen LogP contribution in [-0.4, -0.2) is 64.5 Å². The molecule has 0 radical (unpaired) electrons. The quantitative estimate of drug-likeness (QED) is 0.471. The Morgan fingerprint density at radius 1 is 1.18 bits per heavy atom. The summed E-state index contributed by atoms with van der Waals surface area (Å²) in [4.78, 5) is 39.3. The summed E-state index contributed by atoms with van der Waals surface area (Å²) in [5, 5.41) is 3.41. The maximum atomic E-state index is 12.1. The molecule has 2 bridgehead atoms. The highest BCUT2D eigenvalue weighted by Crippen LogP contribution is 2.68. The first-order valence-electron chi connectivity index (χ1n) is 14.2. The Hall–Kier alpha value is -3.46. The maximum absolute atomic E-state index is 12.1. The average Bonchev–Trinajstić information content (AvgIpc) is 2.91. The monoisotopic (exact) mass is 530 g/mol. The molecular weight excluding hydrogens is 492 g/mol. The number of hydrogen-bond acceptors (Lipinski definition) is 7. The maximum Gasteiger partial charge on any atom is 0.415 e. The molecule has 4 fully saturated rings. The van der Waals surface area contributed by atoms with Crippen LogP contribution in [0.5, 0.6) is 0 Å². The Labute approximate surface area is 230 Å². The van der Waals surface area contributed by atoms with E-state index in [0.29, 0.717) is 29.8 Å². The smallest absolute Gasteiger partial charge is 0.415 e. The highest BCUT2D eigenvalue weighted by molar-refractivity contribution is 5.89. The van der Waals surface area contributed by atoms with Crippen molar-refractivity contribution in [2.24, 2.45) is 11.3 Å². The molecule has 206 valence electrons. The van der Waals surface area contributed by atoms with Crippen LogP contribution in [0, 0.1) is 11.3 Å². The lowest BCUT2D eigenvalue weighted by Gasteiger charge is -2.64. The number of aromatic nitrogens is 2. The van der Waals surface area contributed by atoms with Crippen LogP contribution in [-0.2, 0) is 16.1 Å². The first-order chi connectivity index (χ1) is 18.9. The molecule has 5 aliphatic rings. The third-order valence-corrected chi connectivity index (χ3v) is 9.18. The van der Waals surface area contributed by atoms with E-state index >= 15 is 0 Å². The van der Waals surface area contributed by atoms with Crippen molar-refractivity contribution >= 4 is 23.8 Å². The summed E-state index contributed by atoms with van der Waals surface area (Å²) < 4.78 is 5.20. The lowest BCUT2D eigenvalue weighted by molar-refractivity contribution is -0.134. The lowest BCUT2D eigenvalue weighted by atomic mass is 9.42. The molecule has 1 saturated heterocycles. The fourth-order valence-corrected chi connectivity index (χ4v) is 6.83. The number of hydrogen-bond donors (Lipinski definition) is 1. The second-order valence-electron chi connectivity index (χ2n) is 11.6. The van der Waals surface area contributed by atoms with Gasteiger partial charge in [-0.15, -0.1) is 0 Å².